The van der Waals surface area contributed by atoms with Gasteiger partial charge in [0.25, 0.3) is 0 Å². The predicted molar refractivity (Wildman–Crippen MR) is 92.2 cm³/mol. The normalized spacial score (nSPS) is 11.5. The van der Waals surface area contributed by atoms with Crippen LogP contribution in [-0.2, 0) is 9.84 Å². The van der Waals surface area contributed by atoms with Gasteiger partial charge in [0.1, 0.15) is 11.1 Å². The summed E-state index contributed by atoms with van der Waals surface area (Å²) in [7, 11) is -1.88. The van der Waals surface area contributed by atoms with Crippen molar-refractivity contribution in [2.75, 3.05) is 25.3 Å². The molecule has 0 radical (unpaired) electrons. The van der Waals surface area contributed by atoms with E-state index in [0.717, 1.165) is 6.26 Å². The minimum Gasteiger partial charge on any atom is -0.495 e. The summed E-state index contributed by atoms with van der Waals surface area (Å²) >= 11 is 0. The van der Waals surface area contributed by atoms with E-state index in [0.29, 0.717) is 35.0 Å². The molecule has 10 heteroatoms. The number of nitrogens with one attached hydrogen (secondary N) is 2. The highest BCUT2D eigenvalue weighted by Crippen LogP contribution is 2.31. The summed E-state index contributed by atoms with van der Waals surface area (Å²) in [6.45, 7) is 2.30. The Morgan fingerprint density at radius 1 is 1.28 bits per heavy atom. The maximum Gasteiger partial charge on any atom is 0.232 e. The molecular weight excluding hydrogens is 346 g/mol. The van der Waals surface area contributed by atoms with Crippen molar-refractivity contribution in [1.82, 2.24) is 20.2 Å². The zero-order valence-corrected chi connectivity index (χ0v) is 14.7. The summed E-state index contributed by atoms with van der Waals surface area (Å²) in [5, 5.41) is 10.4. The van der Waals surface area contributed by atoms with Crippen LogP contribution in [0.4, 0.5) is 11.6 Å². The highest BCUT2D eigenvalue weighted by Gasteiger charge is 2.15. The molecule has 0 saturated carbocycles. The van der Waals surface area contributed by atoms with Gasteiger partial charge in [-0.3, -0.25) is 5.10 Å². The van der Waals surface area contributed by atoms with Gasteiger partial charge in [-0.1, -0.05) is 0 Å². The first kappa shape index (κ1) is 17.0. The molecule has 2 heterocycles. The van der Waals surface area contributed by atoms with Crippen LogP contribution in [0.3, 0.4) is 0 Å². The molecule has 132 valence electrons. The van der Waals surface area contributed by atoms with Gasteiger partial charge in [0.05, 0.1) is 30.5 Å². The molecule has 3 aromatic rings. The summed E-state index contributed by atoms with van der Waals surface area (Å²) in [5.74, 6) is 1.02. The average molecular weight is 363 g/mol. The molecule has 2 N–H and O–H groups in total. The Bertz CT molecular complexity index is 1020. The van der Waals surface area contributed by atoms with Gasteiger partial charge >= 0.3 is 0 Å². The zero-order valence-electron chi connectivity index (χ0n) is 13.9. The van der Waals surface area contributed by atoms with Crippen LogP contribution >= 0.6 is 0 Å². The van der Waals surface area contributed by atoms with Crippen molar-refractivity contribution in [1.29, 1.82) is 0 Å². The third-order valence-corrected chi connectivity index (χ3v) is 4.51. The van der Waals surface area contributed by atoms with Gasteiger partial charge in [0.2, 0.25) is 11.8 Å². The molecule has 0 unspecified atom stereocenters. The molecular formula is C15H17N5O4S. The molecule has 0 saturated heterocycles. The van der Waals surface area contributed by atoms with Crippen molar-refractivity contribution < 1.29 is 17.9 Å². The second-order valence-electron chi connectivity index (χ2n) is 5.18. The topological polar surface area (TPSA) is 119 Å². The maximum atomic E-state index is 11.7. The molecule has 0 bridgehead atoms. The van der Waals surface area contributed by atoms with Gasteiger partial charge in [0, 0.05) is 12.3 Å². The second kappa shape index (κ2) is 6.55. The van der Waals surface area contributed by atoms with E-state index >= 15 is 0 Å². The molecule has 0 aliphatic rings. The van der Waals surface area contributed by atoms with Crippen molar-refractivity contribution in [3.63, 3.8) is 0 Å². The summed E-state index contributed by atoms with van der Waals surface area (Å²) in [4.78, 5) is 8.81. The average Bonchev–Trinajstić information content (AvgIpc) is 3.03. The minimum atomic E-state index is -3.33. The summed E-state index contributed by atoms with van der Waals surface area (Å²) in [6, 6.07) is 4.52. The standard InChI is InChI=1S/C15H17N5O4S/c1-4-24-14-10-8-16-20-13(10)18-15(19-14)17-11-6-5-9(25(3,21)22)7-12(11)23-2/h5-8H,4H2,1-3H3,(H2,16,17,18,19,20). The third-order valence-electron chi connectivity index (χ3n) is 3.40. The van der Waals surface area contributed by atoms with Gasteiger partial charge in [-0.15, -0.1) is 0 Å². The summed E-state index contributed by atoms with van der Waals surface area (Å²) in [5.41, 5.74) is 1.05. The number of sulfone groups is 1. The summed E-state index contributed by atoms with van der Waals surface area (Å²) < 4.78 is 34.1. The Hall–Kier alpha value is -2.88. The Morgan fingerprint density at radius 2 is 2.08 bits per heavy atom. The molecule has 0 atom stereocenters. The van der Waals surface area contributed by atoms with E-state index in [1.165, 1.54) is 19.2 Å². The monoisotopic (exact) mass is 363 g/mol. The van der Waals surface area contributed by atoms with Crippen LogP contribution in [0, 0.1) is 0 Å². The molecule has 25 heavy (non-hydrogen) atoms. The van der Waals surface area contributed by atoms with E-state index < -0.39 is 9.84 Å². The van der Waals surface area contributed by atoms with Crippen molar-refractivity contribution in [2.24, 2.45) is 0 Å². The van der Waals surface area contributed by atoms with Crippen molar-refractivity contribution in [3.8, 4) is 11.6 Å². The molecule has 0 aliphatic carbocycles. The number of methoxy groups -OCH3 is 1. The number of hydrogen-bond donors (Lipinski definition) is 2. The number of benzene rings is 1. The summed E-state index contributed by atoms with van der Waals surface area (Å²) in [6.07, 6.45) is 2.73. The number of nitrogens with zero attached hydrogens (tertiary/aromatic N) is 3. The third kappa shape index (κ3) is 3.48. The Labute approximate surface area is 144 Å². The number of aromatic amines is 1. The lowest BCUT2D eigenvalue weighted by molar-refractivity contribution is 0.331. The molecule has 2 aromatic heterocycles. The lowest BCUT2D eigenvalue weighted by Gasteiger charge is -2.12. The van der Waals surface area contributed by atoms with Gasteiger partial charge < -0.3 is 14.8 Å². The maximum absolute atomic E-state index is 11.7. The number of ether oxygens (including phenoxy) is 2. The van der Waals surface area contributed by atoms with Crippen LogP contribution in [-0.4, -0.2) is 48.6 Å². The SMILES string of the molecule is CCOc1nc(Nc2ccc(S(C)(=O)=O)cc2OC)nc2[nH]ncc12. The Balaban J connectivity index is 2.01. The highest BCUT2D eigenvalue weighted by molar-refractivity contribution is 7.90. The van der Waals surface area contributed by atoms with Gasteiger partial charge in [-0.05, 0) is 19.1 Å². The molecule has 0 aliphatic heterocycles. The molecule has 0 amide bonds. The second-order valence-corrected chi connectivity index (χ2v) is 7.19. The van der Waals surface area contributed by atoms with Gasteiger partial charge in [0.15, 0.2) is 15.5 Å². The quantitative estimate of drug-likeness (QED) is 0.681. The lowest BCUT2D eigenvalue weighted by Crippen LogP contribution is -2.04. The Morgan fingerprint density at radius 3 is 2.76 bits per heavy atom. The number of hydrogen-bond acceptors (Lipinski definition) is 8. The number of anilines is 2. The smallest absolute Gasteiger partial charge is 0.232 e. The lowest BCUT2D eigenvalue weighted by atomic mass is 10.3. The molecule has 0 fully saturated rings. The van der Waals surface area contributed by atoms with Crippen molar-refractivity contribution in [2.45, 2.75) is 11.8 Å². The van der Waals surface area contributed by atoms with Gasteiger partial charge in [-0.2, -0.15) is 15.1 Å². The van der Waals surface area contributed by atoms with Crippen LogP contribution in [0.25, 0.3) is 11.0 Å². The largest absolute Gasteiger partial charge is 0.495 e. The number of rotatable bonds is 6. The fraction of sp³-hybridized carbons (Fsp3) is 0.267. The molecule has 3 rings (SSSR count). The molecule has 1 aromatic carbocycles. The fourth-order valence-corrected chi connectivity index (χ4v) is 2.87. The highest BCUT2D eigenvalue weighted by atomic mass is 32.2. The van der Waals surface area contributed by atoms with Crippen LogP contribution in [0.2, 0.25) is 0 Å². The van der Waals surface area contributed by atoms with Crippen molar-refractivity contribution >= 4 is 32.5 Å². The van der Waals surface area contributed by atoms with E-state index in [1.807, 2.05) is 6.92 Å². The fourth-order valence-electron chi connectivity index (χ4n) is 2.24. The van der Waals surface area contributed by atoms with Crippen LogP contribution in [0.1, 0.15) is 6.92 Å². The first-order valence-electron chi connectivity index (χ1n) is 7.41. The zero-order chi connectivity index (χ0) is 18.0. The molecule has 0 spiro atoms. The minimum absolute atomic E-state index is 0.162. The number of H-pyrrole nitrogens is 1. The molecule has 9 nitrogen and oxygen atoms in total. The Kier molecular flexibility index (Phi) is 4.45. The predicted octanol–water partition coefficient (Wildman–Crippen LogP) is 1.91. The first-order chi connectivity index (χ1) is 11.9. The van der Waals surface area contributed by atoms with E-state index in [2.05, 4.69) is 25.5 Å². The van der Waals surface area contributed by atoms with Gasteiger partial charge in [-0.25, -0.2) is 8.42 Å². The van der Waals surface area contributed by atoms with Crippen LogP contribution < -0.4 is 14.8 Å². The number of aromatic nitrogens is 4. The van der Waals surface area contributed by atoms with Crippen LogP contribution in [0.15, 0.2) is 29.3 Å². The van der Waals surface area contributed by atoms with Crippen molar-refractivity contribution in [3.05, 3.63) is 24.4 Å². The van der Waals surface area contributed by atoms with Crippen LogP contribution in [0.5, 0.6) is 11.6 Å². The van der Waals surface area contributed by atoms with E-state index in [-0.39, 0.29) is 10.8 Å². The van der Waals surface area contributed by atoms with E-state index in [4.69, 9.17) is 9.47 Å². The van der Waals surface area contributed by atoms with E-state index in [1.54, 1.807) is 12.3 Å². The number of fused-ring (bicyclic) bond motifs is 1. The van der Waals surface area contributed by atoms with E-state index in [9.17, 15) is 8.42 Å². The first-order valence-corrected chi connectivity index (χ1v) is 9.30.